The highest BCUT2D eigenvalue weighted by Gasteiger charge is 2.66. The van der Waals surface area contributed by atoms with Crippen molar-refractivity contribution < 1.29 is 14.6 Å². The second-order valence-corrected chi connectivity index (χ2v) is 12.2. The predicted molar refractivity (Wildman–Crippen MR) is 143 cm³/mol. The zero-order valence-electron chi connectivity index (χ0n) is 22.1. The number of amides is 1. The first-order chi connectivity index (χ1) is 17.9. The number of rotatable bonds is 3. The van der Waals surface area contributed by atoms with Crippen LogP contribution in [-0.4, -0.2) is 59.1 Å². The van der Waals surface area contributed by atoms with Gasteiger partial charge in [0.05, 0.1) is 6.04 Å². The Bertz CT molecular complexity index is 1350. The first-order valence-corrected chi connectivity index (χ1v) is 14.0. The van der Waals surface area contributed by atoms with E-state index >= 15 is 0 Å². The van der Waals surface area contributed by atoms with E-state index in [0.717, 1.165) is 43.7 Å². The molecule has 1 spiro atoms. The number of likely N-dealkylation sites (N-methyl/N-ethyl adjacent to an activating group) is 1. The highest BCUT2D eigenvalue weighted by molar-refractivity contribution is 5.94. The predicted octanol–water partition coefficient (Wildman–Crippen LogP) is 4.34. The summed E-state index contributed by atoms with van der Waals surface area (Å²) in [6.45, 7) is 6.44. The average molecular weight is 497 g/mol. The third-order valence-electron chi connectivity index (χ3n) is 10.2. The molecule has 5 heteroatoms. The van der Waals surface area contributed by atoms with E-state index in [4.69, 9.17) is 4.74 Å². The fourth-order valence-corrected chi connectivity index (χ4v) is 8.04. The number of aromatic hydroxyl groups is 1. The molecule has 1 amide bonds. The SMILES string of the molecule is Cc1ccc(C#CC(=O)N(C)[C@H]2CC[C@H]3[C@H]4Cc5ccc(O)c6c5[C@@]3(CCN4CC3CC3)[C@H]2O6)cc1C. The summed E-state index contributed by atoms with van der Waals surface area (Å²) < 4.78 is 6.70. The first-order valence-electron chi connectivity index (χ1n) is 14.0. The molecule has 0 radical (unpaired) electrons. The summed E-state index contributed by atoms with van der Waals surface area (Å²) in [6.07, 6.45) is 6.65. The Morgan fingerprint density at radius 3 is 2.78 bits per heavy atom. The minimum Gasteiger partial charge on any atom is -0.504 e. The highest BCUT2D eigenvalue weighted by Crippen LogP contribution is 2.64. The van der Waals surface area contributed by atoms with Crippen LogP contribution in [0.5, 0.6) is 11.5 Å². The molecule has 2 bridgehead atoms. The van der Waals surface area contributed by atoms with Crippen LogP contribution in [0.25, 0.3) is 0 Å². The smallest absolute Gasteiger partial charge is 0.298 e. The van der Waals surface area contributed by atoms with Crippen molar-refractivity contribution in [2.75, 3.05) is 20.1 Å². The number of phenols is 1. The highest BCUT2D eigenvalue weighted by atomic mass is 16.5. The summed E-state index contributed by atoms with van der Waals surface area (Å²) in [7, 11) is 1.88. The number of carbonyl (C=O) groups excluding carboxylic acids is 1. The van der Waals surface area contributed by atoms with Crippen LogP contribution in [-0.2, 0) is 16.6 Å². The van der Waals surface area contributed by atoms with E-state index in [2.05, 4.69) is 42.7 Å². The minimum absolute atomic E-state index is 0.0637. The summed E-state index contributed by atoms with van der Waals surface area (Å²) in [6, 6.07) is 10.5. The molecule has 3 aliphatic carbocycles. The standard InChI is InChI=1S/C32H36N2O3/c1-19-4-5-21(16-20(19)2)8-13-28(36)33(3)25-11-10-24-26-17-23-9-12-27(35)30-29(23)32(24,31(25)37-30)14-15-34(26)18-22-6-7-22/h4-5,9,12,16,22,24-26,31,35H,6-7,10-11,14-15,17-18H2,1-3H3/t24-,25-,26+,31-,32-/m0/s1. The van der Waals surface area contributed by atoms with E-state index in [9.17, 15) is 9.90 Å². The molecule has 2 heterocycles. The number of nitrogens with zero attached hydrogens (tertiary/aromatic N) is 2. The molecule has 2 aromatic rings. The van der Waals surface area contributed by atoms with Crippen LogP contribution in [0.2, 0.25) is 0 Å². The van der Waals surface area contributed by atoms with Crippen molar-refractivity contribution >= 4 is 5.91 Å². The Labute approximate surface area is 219 Å². The fourth-order valence-electron chi connectivity index (χ4n) is 8.04. The second kappa shape index (κ2) is 8.27. The van der Waals surface area contributed by atoms with Crippen LogP contribution < -0.4 is 4.74 Å². The molecule has 1 N–H and O–H groups in total. The maximum absolute atomic E-state index is 13.3. The van der Waals surface area contributed by atoms with Gasteiger partial charge in [0, 0.05) is 42.1 Å². The molecule has 0 unspecified atom stereocenters. The van der Waals surface area contributed by atoms with E-state index in [1.54, 1.807) is 0 Å². The van der Waals surface area contributed by atoms with Gasteiger partial charge in [-0.15, -0.1) is 0 Å². The maximum Gasteiger partial charge on any atom is 0.298 e. The summed E-state index contributed by atoms with van der Waals surface area (Å²) in [5.41, 5.74) is 5.71. The van der Waals surface area contributed by atoms with Gasteiger partial charge in [-0.3, -0.25) is 9.69 Å². The van der Waals surface area contributed by atoms with Gasteiger partial charge in [0.2, 0.25) is 0 Å². The van der Waals surface area contributed by atoms with E-state index in [-0.39, 0.29) is 29.2 Å². The lowest BCUT2D eigenvalue weighted by atomic mass is 9.51. The number of likely N-dealkylation sites (tertiary alicyclic amines) is 1. The van der Waals surface area contributed by atoms with Crippen LogP contribution in [0.15, 0.2) is 30.3 Å². The normalized spacial score (nSPS) is 31.1. The Kier molecular flexibility index (Phi) is 5.18. The topological polar surface area (TPSA) is 53.0 Å². The van der Waals surface area contributed by atoms with Gasteiger partial charge >= 0.3 is 0 Å². The summed E-state index contributed by atoms with van der Waals surface area (Å²) in [4.78, 5) is 17.9. The zero-order chi connectivity index (χ0) is 25.5. The monoisotopic (exact) mass is 496 g/mol. The third-order valence-corrected chi connectivity index (χ3v) is 10.2. The Hall–Kier alpha value is -2.97. The zero-order valence-corrected chi connectivity index (χ0v) is 22.1. The van der Waals surface area contributed by atoms with Crippen molar-refractivity contribution in [3.8, 4) is 23.3 Å². The molecule has 5 nitrogen and oxygen atoms in total. The van der Waals surface area contributed by atoms with Crippen molar-refractivity contribution in [3.63, 3.8) is 0 Å². The van der Waals surface area contributed by atoms with Crippen molar-refractivity contribution in [1.82, 2.24) is 9.80 Å². The van der Waals surface area contributed by atoms with E-state index in [1.807, 2.05) is 30.1 Å². The van der Waals surface area contributed by atoms with E-state index in [0.29, 0.717) is 17.7 Å². The van der Waals surface area contributed by atoms with Gasteiger partial charge in [0.1, 0.15) is 6.10 Å². The van der Waals surface area contributed by atoms with Crippen molar-refractivity contribution in [2.45, 2.75) is 76.0 Å². The number of hydrogen-bond acceptors (Lipinski definition) is 4. The van der Waals surface area contributed by atoms with Gasteiger partial charge in [-0.2, -0.15) is 0 Å². The van der Waals surface area contributed by atoms with Crippen molar-refractivity contribution in [2.24, 2.45) is 11.8 Å². The fraction of sp³-hybridized carbons (Fsp3) is 0.531. The molecule has 0 aromatic heterocycles. The van der Waals surface area contributed by atoms with Crippen LogP contribution in [0.1, 0.15) is 59.9 Å². The maximum atomic E-state index is 13.3. The van der Waals surface area contributed by atoms with Crippen molar-refractivity contribution in [3.05, 3.63) is 58.1 Å². The average Bonchev–Trinajstić information content (AvgIpc) is 3.64. The number of benzene rings is 2. The van der Waals surface area contributed by atoms with Gasteiger partial charge in [-0.05, 0) is 106 Å². The number of piperidine rings is 1. The number of ether oxygens (including phenoxy) is 1. The van der Waals surface area contributed by atoms with Crippen LogP contribution in [0.4, 0.5) is 0 Å². The molecule has 2 saturated carbocycles. The molecule has 5 aliphatic rings. The van der Waals surface area contributed by atoms with Gasteiger partial charge < -0.3 is 14.7 Å². The molecule has 1 saturated heterocycles. The molecule has 192 valence electrons. The third kappa shape index (κ3) is 3.45. The van der Waals surface area contributed by atoms with Gasteiger partial charge in [-0.25, -0.2) is 0 Å². The summed E-state index contributed by atoms with van der Waals surface area (Å²) >= 11 is 0. The summed E-state index contributed by atoms with van der Waals surface area (Å²) in [5.74, 6) is 8.12. The lowest BCUT2D eigenvalue weighted by Crippen LogP contribution is -2.69. The Balaban J connectivity index is 1.22. The van der Waals surface area contributed by atoms with Gasteiger partial charge in [0.25, 0.3) is 5.91 Å². The quantitative estimate of drug-likeness (QED) is 0.643. The van der Waals surface area contributed by atoms with Crippen LogP contribution in [0, 0.1) is 37.5 Å². The largest absolute Gasteiger partial charge is 0.504 e. The number of hydrogen-bond donors (Lipinski definition) is 1. The molecule has 7 rings (SSSR count). The lowest BCUT2D eigenvalue weighted by molar-refractivity contribution is -0.134. The second-order valence-electron chi connectivity index (χ2n) is 12.2. The Morgan fingerprint density at radius 2 is 2.00 bits per heavy atom. The molecule has 3 fully saturated rings. The van der Waals surface area contributed by atoms with Gasteiger partial charge in [0.15, 0.2) is 11.5 Å². The molecular weight excluding hydrogens is 460 g/mol. The molecular formula is C32H36N2O3. The molecule has 5 atom stereocenters. The van der Waals surface area contributed by atoms with Crippen molar-refractivity contribution in [1.29, 1.82) is 0 Å². The Morgan fingerprint density at radius 1 is 1.16 bits per heavy atom. The van der Waals surface area contributed by atoms with Crippen LogP contribution >= 0.6 is 0 Å². The van der Waals surface area contributed by atoms with Gasteiger partial charge in [-0.1, -0.05) is 18.1 Å². The van der Waals surface area contributed by atoms with E-state index < -0.39 is 0 Å². The van der Waals surface area contributed by atoms with E-state index in [1.165, 1.54) is 41.6 Å². The number of phenolic OH excluding ortho intramolecular Hbond substituents is 1. The molecule has 2 aromatic carbocycles. The van der Waals surface area contributed by atoms with Crippen LogP contribution in [0.3, 0.4) is 0 Å². The number of aryl methyl sites for hydroxylation is 2. The summed E-state index contributed by atoms with van der Waals surface area (Å²) in [5, 5.41) is 10.8. The molecule has 37 heavy (non-hydrogen) atoms. The minimum atomic E-state index is -0.166. The number of carbonyl (C=O) groups is 1. The molecule has 2 aliphatic heterocycles. The lowest BCUT2D eigenvalue weighted by Gasteiger charge is -2.60. The first kappa shape index (κ1) is 23.2.